The molecule has 394 valence electrons. The molecule has 0 saturated carbocycles. The van der Waals surface area contributed by atoms with Crippen molar-refractivity contribution < 1.29 is 144 Å². The summed E-state index contributed by atoms with van der Waals surface area (Å²) in [5.74, 6) is -6.99. The van der Waals surface area contributed by atoms with Crippen LogP contribution in [0.3, 0.4) is 0 Å². The fourth-order valence-corrected chi connectivity index (χ4v) is 8.53. The molecule has 5 aliphatic heterocycles. The van der Waals surface area contributed by atoms with Crippen molar-refractivity contribution >= 4 is 17.8 Å². The molecule has 1 unspecified atom stereocenters. The Morgan fingerprint density at radius 3 is 1.53 bits per heavy atom. The SMILES string of the molecule is CC(=O)N[C@H]1[C@H](O[C@H]2[C@@H](O)[C@@H](CO)O[C@@H](O[C@@H]3[C@H](O)[C@@H](O)C(O)O[C@@H]3CO)[C@@H]2O)O[C@H](CO)[C@@H](O)[C@@H]1O[C@@H]1O[C@H](CO)[C@H](O)[C@H](O[C@]2(C(=O)O)C[C@H](O)[C@@H](NC(C)=O)[C@H]([C@H](O)[C@H](O)CO)O2)[C@H]1O. The van der Waals surface area contributed by atoms with Crippen molar-refractivity contribution in [2.45, 2.75) is 179 Å². The van der Waals surface area contributed by atoms with E-state index in [0.717, 1.165) is 13.8 Å². The van der Waals surface area contributed by atoms with Gasteiger partial charge in [0, 0.05) is 20.3 Å². The molecule has 0 aromatic carbocycles. The minimum absolute atomic E-state index is 0.818. The molecule has 0 aliphatic carbocycles. The highest BCUT2D eigenvalue weighted by Gasteiger charge is 2.61. The summed E-state index contributed by atoms with van der Waals surface area (Å²) in [6, 6.07) is -3.51. The van der Waals surface area contributed by atoms with E-state index in [1.54, 1.807) is 0 Å². The summed E-state index contributed by atoms with van der Waals surface area (Å²) < 4.78 is 50.7. The predicted molar refractivity (Wildman–Crippen MR) is 207 cm³/mol. The fourth-order valence-electron chi connectivity index (χ4n) is 8.53. The van der Waals surface area contributed by atoms with Gasteiger partial charge in [-0.1, -0.05) is 0 Å². The molecular formula is C37H62N2O29. The van der Waals surface area contributed by atoms with Gasteiger partial charge in [-0.2, -0.15) is 0 Å². The third-order valence-electron chi connectivity index (χ3n) is 12.1. The normalized spacial score (nSPS) is 46.6. The van der Waals surface area contributed by atoms with Crippen LogP contribution in [-0.2, 0) is 57.0 Å². The second kappa shape index (κ2) is 23.8. The van der Waals surface area contributed by atoms with Gasteiger partial charge in [-0.3, -0.25) is 9.59 Å². The van der Waals surface area contributed by atoms with Gasteiger partial charge in [0.15, 0.2) is 25.2 Å². The van der Waals surface area contributed by atoms with Crippen molar-refractivity contribution in [3.05, 3.63) is 0 Å². The van der Waals surface area contributed by atoms with Crippen molar-refractivity contribution in [2.75, 3.05) is 33.0 Å². The molecule has 31 nitrogen and oxygen atoms in total. The number of aliphatic hydroxyl groups excluding tert-OH is 16. The van der Waals surface area contributed by atoms with E-state index >= 15 is 0 Å². The zero-order valence-corrected chi connectivity index (χ0v) is 36.2. The van der Waals surface area contributed by atoms with Crippen molar-refractivity contribution in [2.24, 2.45) is 0 Å². The topological polar surface area (TPSA) is 502 Å². The summed E-state index contributed by atoms with van der Waals surface area (Å²) in [5.41, 5.74) is 0. The number of ether oxygens (including phenoxy) is 9. The second-order valence-corrected chi connectivity index (χ2v) is 16.8. The Balaban J connectivity index is 1.45. The van der Waals surface area contributed by atoms with Crippen LogP contribution in [0.4, 0.5) is 0 Å². The molecule has 2 amide bonds. The monoisotopic (exact) mass is 998 g/mol. The Bertz CT molecular complexity index is 1660. The first-order valence-corrected chi connectivity index (χ1v) is 21.2. The maximum Gasteiger partial charge on any atom is 0.364 e. The number of aliphatic carboxylic acids is 1. The lowest BCUT2D eigenvalue weighted by atomic mass is 9.88. The third-order valence-corrected chi connectivity index (χ3v) is 12.1. The summed E-state index contributed by atoms with van der Waals surface area (Å²) in [5, 5.41) is 185. The number of nitrogens with one attached hydrogen (secondary N) is 2. The number of carboxylic acid groups (broad SMARTS) is 1. The van der Waals surface area contributed by atoms with E-state index in [1.165, 1.54) is 0 Å². The lowest BCUT2D eigenvalue weighted by Crippen LogP contribution is -2.71. The van der Waals surface area contributed by atoms with Gasteiger partial charge in [0.1, 0.15) is 116 Å². The van der Waals surface area contributed by atoms with Crippen LogP contribution in [0.15, 0.2) is 0 Å². The molecule has 19 N–H and O–H groups in total. The molecule has 0 spiro atoms. The molecule has 5 rings (SSSR count). The Hall–Kier alpha value is -2.59. The van der Waals surface area contributed by atoms with Crippen LogP contribution in [0.5, 0.6) is 0 Å². The third kappa shape index (κ3) is 11.8. The first-order chi connectivity index (χ1) is 32.0. The van der Waals surface area contributed by atoms with E-state index in [1.807, 2.05) is 0 Å². The van der Waals surface area contributed by atoms with Gasteiger partial charge in [0.05, 0.1) is 45.2 Å². The summed E-state index contributed by atoms with van der Waals surface area (Å²) in [6.07, 6.45) is -47.6. The number of carbonyl (C=O) groups is 3. The summed E-state index contributed by atoms with van der Waals surface area (Å²) in [6.45, 7) is -3.28. The summed E-state index contributed by atoms with van der Waals surface area (Å²) >= 11 is 0. The molecule has 5 heterocycles. The maximum absolute atomic E-state index is 13.0. The molecule has 5 saturated heterocycles. The predicted octanol–water partition coefficient (Wildman–Crippen LogP) is -12.4. The molecular weight excluding hydrogens is 936 g/mol. The van der Waals surface area contributed by atoms with Crippen LogP contribution in [-0.4, -0.2) is 297 Å². The highest BCUT2D eigenvalue weighted by atomic mass is 16.8. The zero-order chi connectivity index (χ0) is 50.7. The first kappa shape index (κ1) is 56.3. The Labute approximate surface area is 384 Å². The van der Waals surface area contributed by atoms with E-state index in [2.05, 4.69) is 10.6 Å². The zero-order valence-electron chi connectivity index (χ0n) is 36.2. The quantitative estimate of drug-likeness (QED) is 0.0606. The molecule has 5 aliphatic rings. The Morgan fingerprint density at radius 1 is 0.574 bits per heavy atom. The van der Waals surface area contributed by atoms with Crippen LogP contribution in [0.25, 0.3) is 0 Å². The lowest BCUT2D eigenvalue weighted by Gasteiger charge is -2.51. The van der Waals surface area contributed by atoms with Gasteiger partial charge in [-0.05, 0) is 0 Å². The minimum atomic E-state index is -3.19. The van der Waals surface area contributed by atoms with Crippen molar-refractivity contribution in [3.8, 4) is 0 Å². The number of carbonyl (C=O) groups excluding carboxylic acids is 2. The molecule has 0 aromatic heterocycles. The van der Waals surface area contributed by atoms with Crippen LogP contribution in [0.1, 0.15) is 20.3 Å². The molecule has 5 fully saturated rings. The van der Waals surface area contributed by atoms with E-state index in [-0.39, 0.29) is 0 Å². The highest BCUT2D eigenvalue weighted by Crippen LogP contribution is 2.39. The number of hydrogen-bond donors (Lipinski definition) is 19. The number of rotatable bonds is 18. The van der Waals surface area contributed by atoms with Crippen LogP contribution in [0, 0.1) is 0 Å². The van der Waals surface area contributed by atoms with Gasteiger partial charge in [-0.25, -0.2) is 4.79 Å². The molecule has 31 heteroatoms. The van der Waals surface area contributed by atoms with Crippen LogP contribution >= 0.6 is 0 Å². The average Bonchev–Trinajstić information content (AvgIpc) is 3.29. The lowest BCUT2D eigenvalue weighted by molar-refractivity contribution is -0.389. The van der Waals surface area contributed by atoms with Crippen molar-refractivity contribution in [3.63, 3.8) is 0 Å². The Kier molecular flexibility index (Phi) is 19.7. The van der Waals surface area contributed by atoms with E-state index < -0.39 is 216 Å². The molecule has 26 atom stereocenters. The average molecular weight is 999 g/mol. The number of amides is 2. The highest BCUT2D eigenvalue weighted by molar-refractivity contribution is 5.76. The number of aliphatic hydroxyl groups is 16. The van der Waals surface area contributed by atoms with Crippen LogP contribution < -0.4 is 10.6 Å². The van der Waals surface area contributed by atoms with Gasteiger partial charge in [0.2, 0.25) is 11.8 Å². The smallest absolute Gasteiger partial charge is 0.364 e. The maximum atomic E-state index is 13.0. The van der Waals surface area contributed by atoms with E-state index in [4.69, 9.17) is 42.6 Å². The Morgan fingerprint density at radius 2 is 1.03 bits per heavy atom. The molecule has 0 aromatic rings. The summed E-state index contributed by atoms with van der Waals surface area (Å²) in [4.78, 5) is 37.7. The van der Waals surface area contributed by atoms with Crippen molar-refractivity contribution in [1.82, 2.24) is 10.6 Å². The van der Waals surface area contributed by atoms with Gasteiger partial charge in [0.25, 0.3) is 5.79 Å². The molecule has 0 radical (unpaired) electrons. The second-order valence-electron chi connectivity index (χ2n) is 16.8. The largest absolute Gasteiger partial charge is 0.477 e. The van der Waals surface area contributed by atoms with Crippen molar-refractivity contribution in [1.29, 1.82) is 0 Å². The van der Waals surface area contributed by atoms with Gasteiger partial charge >= 0.3 is 5.97 Å². The fraction of sp³-hybridized carbons (Fsp3) is 0.919. The van der Waals surface area contributed by atoms with Gasteiger partial charge < -0.3 is 140 Å². The number of hydrogen-bond acceptors (Lipinski definition) is 28. The summed E-state index contributed by atoms with van der Waals surface area (Å²) in [7, 11) is 0. The minimum Gasteiger partial charge on any atom is -0.477 e. The van der Waals surface area contributed by atoms with Gasteiger partial charge in [-0.15, -0.1) is 0 Å². The molecule has 0 bridgehead atoms. The molecule has 68 heavy (non-hydrogen) atoms. The first-order valence-electron chi connectivity index (χ1n) is 21.2. The number of carboxylic acids is 1. The van der Waals surface area contributed by atoms with E-state index in [9.17, 15) is 101 Å². The standard InChI is InChI=1S/C37H62N2O29/c1-9(45)38-17-11(47)3-37(36(58)59,67-29(17)19(49)12(48)4-40)68-31-22(52)15(7-43)63-35(26(31)56)65-28-18(39-10(2)46)33(61-13(5-41)20(28)50)66-30-21(51)14(6-42)62-34(25(30)55)64-27-16(8-44)60-32(57)24(54)23(27)53/h11-35,40-44,47-57H,3-8H2,1-2H3,(H,38,45)(H,39,46)(H,58,59)/t11-,12+,13+,14+,15+,16+,17+,18+,19+,20+,21-,22-,23+,24+,25+,26+,27-,28+,29+,30-,31-,32?,33-,34-,35-,37-/m0/s1. The van der Waals surface area contributed by atoms with Crippen LogP contribution in [0.2, 0.25) is 0 Å². The van der Waals surface area contributed by atoms with E-state index in [0.29, 0.717) is 0 Å².